The van der Waals surface area contributed by atoms with E-state index in [0.717, 1.165) is 24.3 Å². The van der Waals surface area contributed by atoms with Crippen LogP contribution in [-0.4, -0.2) is 31.3 Å². The van der Waals surface area contributed by atoms with Gasteiger partial charge < -0.3 is 20.5 Å². The Morgan fingerprint density at radius 3 is 2.48 bits per heavy atom. The van der Waals surface area contributed by atoms with E-state index in [4.69, 9.17) is 15.2 Å². The van der Waals surface area contributed by atoms with Crippen molar-refractivity contribution in [2.24, 2.45) is 10.7 Å². The number of nitrogens with zero attached hydrogens (tertiary/aromatic N) is 1. The fourth-order valence-corrected chi connectivity index (χ4v) is 2.30. The summed E-state index contributed by atoms with van der Waals surface area (Å²) in [6.07, 6.45) is 3.49. The number of anilines is 1. The Morgan fingerprint density at radius 2 is 2.00 bits per heavy atom. The first-order chi connectivity index (χ1) is 10.0. The number of ether oxygens (including phenoxy) is 2. The molecule has 116 valence electrons. The molecule has 0 atom stereocenters. The molecule has 2 rings (SSSR count). The molecular weight excluding hydrogens is 266 g/mol. The van der Waals surface area contributed by atoms with Crippen molar-refractivity contribution in [1.29, 1.82) is 0 Å². The van der Waals surface area contributed by atoms with Crippen LogP contribution in [0.5, 0.6) is 5.75 Å². The number of hydrogen-bond donors (Lipinski definition) is 2. The van der Waals surface area contributed by atoms with Crippen molar-refractivity contribution in [3.8, 4) is 5.75 Å². The lowest BCUT2D eigenvalue weighted by atomic mass is 9.80. The molecule has 1 saturated carbocycles. The minimum Gasteiger partial charge on any atom is -0.491 e. The fourth-order valence-electron chi connectivity index (χ4n) is 2.30. The lowest BCUT2D eigenvalue weighted by Crippen LogP contribution is -2.43. The third-order valence-electron chi connectivity index (χ3n) is 3.73. The second-order valence-corrected chi connectivity index (χ2v) is 5.76. The second-order valence-electron chi connectivity index (χ2n) is 5.76. The Hall–Kier alpha value is -1.75. The SMILES string of the molecule is COC1(CN=C(N)Nc2ccc(OC(C)C)cc2)CCC1. The standard InChI is InChI=1S/C16H25N3O2/c1-12(2)21-14-7-5-13(6-8-14)19-15(17)18-11-16(20-3)9-4-10-16/h5-8,12H,4,9-11H2,1-3H3,(H3,17,18,19). The topological polar surface area (TPSA) is 68.9 Å². The van der Waals surface area contributed by atoms with Crippen LogP contribution < -0.4 is 15.8 Å². The van der Waals surface area contributed by atoms with E-state index in [1.807, 2.05) is 38.1 Å². The minimum atomic E-state index is -0.0960. The number of aliphatic imine (C=N–C) groups is 1. The average Bonchev–Trinajstić information content (AvgIpc) is 2.40. The zero-order valence-corrected chi connectivity index (χ0v) is 13.1. The van der Waals surface area contributed by atoms with Crippen LogP contribution in [0.3, 0.4) is 0 Å². The largest absolute Gasteiger partial charge is 0.491 e. The van der Waals surface area contributed by atoms with Crippen LogP contribution in [-0.2, 0) is 4.74 Å². The van der Waals surface area contributed by atoms with E-state index in [0.29, 0.717) is 12.5 Å². The van der Waals surface area contributed by atoms with E-state index in [1.165, 1.54) is 6.42 Å². The Morgan fingerprint density at radius 1 is 1.33 bits per heavy atom. The van der Waals surface area contributed by atoms with Gasteiger partial charge in [-0.2, -0.15) is 0 Å². The van der Waals surface area contributed by atoms with Gasteiger partial charge in [-0.3, -0.25) is 4.99 Å². The van der Waals surface area contributed by atoms with Crippen molar-refractivity contribution in [2.45, 2.75) is 44.8 Å². The van der Waals surface area contributed by atoms with Gasteiger partial charge in [-0.1, -0.05) is 0 Å². The van der Waals surface area contributed by atoms with Gasteiger partial charge in [0, 0.05) is 12.8 Å². The van der Waals surface area contributed by atoms with Gasteiger partial charge in [0.1, 0.15) is 5.75 Å². The smallest absolute Gasteiger partial charge is 0.193 e. The quantitative estimate of drug-likeness (QED) is 0.624. The molecule has 0 aromatic heterocycles. The summed E-state index contributed by atoms with van der Waals surface area (Å²) in [5, 5.41) is 3.08. The van der Waals surface area contributed by atoms with Crippen LogP contribution in [0.1, 0.15) is 33.1 Å². The molecule has 0 aliphatic heterocycles. The predicted octanol–water partition coefficient (Wildman–Crippen LogP) is 2.77. The van der Waals surface area contributed by atoms with E-state index < -0.39 is 0 Å². The molecule has 0 unspecified atom stereocenters. The van der Waals surface area contributed by atoms with Crippen LogP contribution in [0, 0.1) is 0 Å². The lowest BCUT2D eigenvalue weighted by Gasteiger charge is -2.39. The zero-order valence-electron chi connectivity index (χ0n) is 13.1. The first kappa shape index (κ1) is 15.6. The van der Waals surface area contributed by atoms with Gasteiger partial charge in [-0.25, -0.2) is 0 Å². The Labute approximate surface area is 126 Å². The summed E-state index contributed by atoms with van der Waals surface area (Å²) in [6.45, 7) is 4.61. The van der Waals surface area contributed by atoms with E-state index in [1.54, 1.807) is 7.11 Å². The molecule has 1 aromatic rings. The van der Waals surface area contributed by atoms with Gasteiger partial charge in [-0.15, -0.1) is 0 Å². The Balaban J connectivity index is 1.88. The normalized spacial score (nSPS) is 17.4. The first-order valence-electron chi connectivity index (χ1n) is 7.42. The highest BCUT2D eigenvalue weighted by Crippen LogP contribution is 2.35. The fraction of sp³-hybridized carbons (Fsp3) is 0.562. The molecule has 1 aliphatic carbocycles. The molecule has 1 fully saturated rings. The molecule has 0 spiro atoms. The molecule has 21 heavy (non-hydrogen) atoms. The van der Waals surface area contributed by atoms with Gasteiger partial charge >= 0.3 is 0 Å². The summed E-state index contributed by atoms with van der Waals surface area (Å²) in [7, 11) is 1.74. The van der Waals surface area contributed by atoms with Crippen LogP contribution in [0.2, 0.25) is 0 Å². The molecule has 0 amide bonds. The molecule has 1 aliphatic rings. The first-order valence-corrected chi connectivity index (χ1v) is 7.42. The number of nitrogens with two attached hydrogens (primary N) is 1. The van der Waals surface area contributed by atoms with Gasteiger partial charge in [-0.05, 0) is 57.4 Å². The van der Waals surface area contributed by atoms with Gasteiger partial charge in [0.25, 0.3) is 0 Å². The van der Waals surface area contributed by atoms with E-state index in [2.05, 4.69) is 10.3 Å². The average molecular weight is 291 g/mol. The summed E-state index contributed by atoms with van der Waals surface area (Å²) in [6, 6.07) is 7.68. The lowest BCUT2D eigenvalue weighted by molar-refractivity contribution is -0.0629. The second kappa shape index (κ2) is 6.80. The van der Waals surface area contributed by atoms with Crippen molar-refractivity contribution in [1.82, 2.24) is 0 Å². The van der Waals surface area contributed by atoms with E-state index in [-0.39, 0.29) is 11.7 Å². The number of hydrogen-bond acceptors (Lipinski definition) is 3. The van der Waals surface area contributed by atoms with E-state index >= 15 is 0 Å². The Bertz CT molecular complexity index is 473. The molecule has 5 heteroatoms. The highest BCUT2D eigenvalue weighted by molar-refractivity contribution is 5.92. The number of rotatable bonds is 6. The molecule has 1 aromatic carbocycles. The highest BCUT2D eigenvalue weighted by atomic mass is 16.5. The number of guanidine groups is 1. The number of nitrogens with one attached hydrogen (secondary N) is 1. The molecular formula is C16H25N3O2. The summed E-state index contributed by atoms with van der Waals surface area (Å²) >= 11 is 0. The number of methoxy groups -OCH3 is 1. The third kappa shape index (κ3) is 4.36. The van der Waals surface area contributed by atoms with Crippen LogP contribution in [0.25, 0.3) is 0 Å². The van der Waals surface area contributed by atoms with Gasteiger partial charge in [0.05, 0.1) is 18.2 Å². The summed E-state index contributed by atoms with van der Waals surface area (Å²) in [5.41, 5.74) is 6.72. The number of benzene rings is 1. The van der Waals surface area contributed by atoms with Crippen molar-refractivity contribution in [3.05, 3.63) is 24.3 Å². The summed E-state index contributed by atoms with van der Waals surface area (Å²) < 4.78 is 11.1. The maximum atomic E-state index is 5.92. The predicted molar refractivity (Wildman–Crippen MR) is 85.9 cm³/mol. The van der Waals surface area contributed by atoms with E-state index in [9.17, 15) is 0 Å². The Kier molecular flexibility index (Phi) is 5.07. The van der Waals surface area contributed by atoms with Crippen LogP contribution in [0.15, 0.2) is 29.3 Å². The van der Waals surface area contributed by atoms with Crippen LogP contribution in [0.4, 0.5) is 5.69 Å². The maximum Gasteiger partial charge on any atom is 0.193 e. The molecule has 0 heterocycles. The molecule has 0 saturated heterocycles. The van der Waals surface area contributed by atoms with Crippen molar-refractivity contribution >= 4 is 11.6 Å². The highest BCUT2D eigenvalue weighted by Gasteiger charge is 2.36. The van der Waals surface area contributed by atoms with Crippen molar-refractivity contribution in [2.75, 3.05) is 19.0 Å². The molecule has 0 bridgehead atoms. The maximum absolute atomic E-state index is 5.92. The van der Waals surface area contributed by atoms with Crippen LogP contribution >= 0.6 is 0 Å². The molecule has 0 radical (unpaired) electrons. The van der Waals surface area contributed by atoms with Crippen molar-refractivity contribution in [3.63, 3.8) is 0 Å². The molecule has 3 N–H and O–H groups in total. The zero-order chi connectivity index (χ0) is 15.3. The summed E-state index contributed by atoms with van der Waals surface area (Å²) in [5.74, 6) is 1.26. The summed E-state index contributed by atoms with van der Waals surface area (Å²) in [4.78, 5) is 4.38. The third-order valence-corrected chi connectivity index (χ3v) is 3.73. The van der Waals surface area contributed by atoms with Gasteiger partial charge in [0.15, 0.2) is 5.96 Å². The van der Waals surface area contributed by atoms with Gasteiger partial charge in [0.2, 0.25) is 0 Å². The van der Waals surface area contributed by atoms with Crippen molar-refractivity contribution < 1.29 is 9.47 Å². The monoisotopic (exact) mass is 291 g/mol. The minimum absolute atomic E-state index is 0.0960. The molecule has 5 nitrogen and oxygen atoms in total.